The van der Waals surface area contributed by atoms with Gasteiger partial charge in [0.2, 0.25) is 0 Å². The summed E-state index contributed by atoms with van der Waals surface area (Å²) in [6, 6.07) is 0. The van der Waals surface area contributed by atoms with Crippen LogP contribution >= 0.6 is 10.7 Å². The first-order valence-electron chi connectivity index (χ1n) is 4.31. The average Bonchev–Trinajstić information content (AvgIpc) is 2.47. The van der Waals surface area contributed by atoms with Crippen molar-refractivity contribution in [2.45, 2.75) is 19.8 Å². The summed E-state index contributed by atoms with van der Waals surface area (Å²) in [6.07, 6.45) is 0.892. The van der Waals surface area contributed by atoms with Crippen molar-refractivity contribution in [3.05, 3.63) is 11.1 Å². The van der Waals surface area contributed by atoms with Crippen LogP contribution in [0.4, 0.5) is 0 Å². The van der Waals surface area contributed by atoms with Crippen LogP contribution in [0.5, 0.6) is 0 Å². The van der Waals surface area contributed by atoms with E-state index in [1.165, 1.54) is 10.9 Å². The second kappa shape index (κ2) is 4.94. The van der Waals surface area contributed by atoms with Crippen molar-refractivity contribution >= 4 is 28.1 Å². The highest BCUT2D eigenvalue weighted by molar-refractivity contribution is 8.15. The number of hydrogen-bond acceptors (Lipinski definition) is 5. The van der Waals surface area contributed by atoms with Gasteiger partial charge in [-0.25, -0.2) is 9.59 Å². The van der Waals surface area contributed by atoms with Gasteiger partial charge in [0.1, 0.15) is 0 Å². The average molecular weight is 232 g/mol. The number of nitrogens with two attached hydrogens (primary N) is 1. The first-order valence-corrected chi connectivity index (χ1v) is 5.72. The fourth-order valence-corrected chi connectivity index (χ4v) is 1.85. The molecule has 0 saturated carbocycles. The Kier molecular flexibility index (Phi) is 3.87. The molecule has 1 unspecified atom stereocenters. The third kappa shape index (κ3) is 3.07. The molecule has 0 saturated heterocycles. The number of carboxylic acids is 1. The lowest BCUT2D eigenvalue weighted by molar-refractivity contribution is -0.168. The van der Waals surface area contributed by atoms with Crippen molar-refractivity contribution in [1.29, 1.82) is 0 Å². The molecule has 0 fully saturated rings. The van der Waals surface area contributed by atoms with E-state index >= 15 is 0 Å². The molecule has 7 heteroatoms. The number of carboxylic acid groups (broad SMARTS) is 1. The van der Waals surface area contributed by atoms with Crippen LogP contribution in [0.2, 0.25) is 0 Å². The van der Waals surface area contributed by atoms with Gasteiger partial charge in [-0.1, -0.05) is 17.6 Å². The van der Waals surface area contributed by atoms with Crippen molar-refractivity contribution in [3.8, 4) is 0 Å². The lowest BCUT2D eigenvalue weighted by Gasteiger charge is -2.15. The zero-order chi connectivity index (χ0) is 11.4. The van der Waals surface area contributed by atoms with E-state index in [9.17, 15) is 9.59 Å². The minimum Gasteiger partial charge on any atom is -0.476 e. The molecule has 0 aromatic heterocycles. The van der Waals surface area contributed by atoms with Gasteiger partial charge in [-0.05, 0) is 6.42 Å². The zero-order valence-electron chi connectivity index (χ0n) is 8.17. The third-order valence-electron chi connectivity index (χ3n) is 1.58. The van der Waals surface area contributed by atoms with Crippen molar-refractivity contribution in [2.24, 2.45) is 5.14 Å². The predicted molar refractivity (Wildman–Crippen MR) is 56.4 cm³/mol. The van der Waals surface area contributed by atoms with Crippen LogP contribution in [-0.4, -0.2) is 27.6 Å². The van der Waals surface area contributed by atoms with Gasteiger partial charge < -0.3 is 9.94 Å². The topological polar surface area (TPSA) is 92.9 Å². The summed E-state index contributed by atoms with van der Waals surface area (Å²) in [4.78, 5) is 26.7. The highest BCUT2D eigenvalue weighted by atomic mass is 32.2. The molecule has 84 valence electrons. The minimum absolute atomic E-state index is 0.120. The predicted octanol–water partition coefficient (Wildman–Crippen LogP) is 0.389. The van der Waals surface area contributed by atoms with Crippen molar-refractivity contribution in [1.82, 2.24) is 5.06 Å². The molecule has 0 bridgehead atoms. The van der Waals surface area contributed by atoms with Gasteiger partial charge in [-0.15, -0.1) is 0 Å². The van der Waals surface area contributed by atoms with Gasteiger partial charge in [0.15, 0.2) is 5.70 Å². The lowest BCUT2D eigenvalue weighted by atomic mass is 10.3. The highest BCUT2D eigenvalue weighted by Gasteiger charge is 2.23. The normalized spacial score (nSPS) is 19.5. The Morgan fingerprint density at radius 3 is 2.87 bits per heavy atom. The largest absolute Gasteiger partial charge is 0.476 e. The van der Waals surface area contributed by atoms with Crippen molar-refractivity contribution in [3.63, 3.8) is 0 Å². The fourth-order valence-electron chi connectivity index (χ4n) is 0.953. The number of hydroxylamine groups is 2. The maximum Gasteiger partial charge on any atom is 0.356 e. The molecule has 1 aliphatic rings. The Hall–Kier alpha value is -1.34. The van der Waals surface area contributed by atoms with E-state index in [1.54, 1.807) is 0 Å². The van der Waals surface area contributed by atoms with Crippen LogP contribution in [-0.2, 0) is 14.4 Å². The van der Waals surface area contributed by atoms with Gasteiger partial charge in [-0.2, -0.15) is 5.06 Å². The molecule has 15 heavy (non-hydrogen) atoms. The van der Waals surface area contributed by atoms with Crippen LogP contribution in [0.1, 0.15) is 19.8 Å². The van der Waals surface area contributed by atoms with E-state index in [1.807, 2.05) is 6.92 Å². The van der Waals surface area contributed by atoms with Crippen molar-refractivity contribution < 1.29 is 19.5 Å². The third-order valence-corrected chi connectivity index (χ3v) is 2.51. The van der Waals surface area contributed by atoms with Gasteiger partial charge in [-0.3, -0.25) is 5.14 Å². The number of hydrogen-bond donors (Lipinski definition) is 2. The summed E-state index contributed by atoms with van der Waals surface area (Å²) in [7, 11) is -0.793. The van der Waals surface area contributed by atoms with Gasteiger partial charge in [0.05, 0.1) is 5.49 Å². The van der Waals surface area contributed by atoms with E-state index < -0.39 is 22.6 Å². The summed E-state index contributed by atoms with van der Waals surface area (Å²) >= 11 is 0. The lowest BCUT2D eigenvalue weighted by Crippen LogP contribution is -2.27. The molecule has 1 atom stereocenters. The minimum atomic E-state index is -1.17. The first-order chi connectivity index (χ1) is 7.04. The van der Waals surface area contributed by atoms with Crippen LogP contribution in [0.15, 0.2) is 11.1 Å². The molecular formula is C8H12N2O4S. The fraction of sp³-hybridized carbons (Fsp3) is 0.375. The number of carbonyl (C=O) groups is 2. The molecule has 3 N–H and O–H groups in total. The van der Waals surface area contributed by atoms with E-state index in [0.717, 1.165) is 5.06 Å². The molecule has 0 aromatic carbocycles. The van der Waals surface area contributed by atoms with E-state index in [2.05, 4.69) is 0 Å². The molecule has 0 radical (unpaired) electrons. The molecule has 0 amide bonds. The van der Waals surface area contributed by atoms with Gasteiger partial charge in [0, 0.05) is 11.8 Å². The monoisotopic (exact) mass is 232 g/mol. The van der Waals surface area contributed by atoms with Crippen LogP contribution in [0, 0.1) is 0 Å². The quantitative estimate of drug-likeness (QED) is 0.681. The Labute approximate surface area is 89.3 Å². The molecule has 1 rings (SSSR count). The van der Waals surface area contributed by atoms with Crippen LogP contribution in [0.3, 0.4) is 0 Å². The smallest absolute Gasteiger partial charge is 0.356 e. The van der Waals surface area contributed by atoms with E-state index in [-0.39, 0.29) is 12.1 Å². The number of aliphatic carboxylic acids is 1. The molecule has 1 aliphatic heterocycles. The van der Waals surface area contributed by atoms with Crippen LogP contribution < -0.4 is 5.14 Å². The Morgan fingerprint density at radius 2 is 2.33 bits per heavy atom. The van der Waals surface area contributed by atoms with E-state index in [4.69, 9.17) is 15.1 Å². The summed E-state index contributed by atoms with van der Waals surface area (Å²) in [5, 5.41) is 16.5. The second-order valence-electron chi connectivity index (χ2n) is 2.86. The molecule has 0 spiro atoms. The van der Waals surface area contributed by atoms with Gasteiger partial charge in [0.25, 0.3) is 0 Å². The Morgan fingerprint density at radius 1 is 1.67 bits per heavy atom. The molecule has 6 nitrogen and oxygen atoms in total. The van der Waals surface area contributed by atoms with Gasteiger partial charge >= 0.3 is 11.9 Å². The number of nitrogens with zero attached hydrogens (tertiary/aromatic N) is 1. The Bertz CT molecular complexity index is 351. The van der Waals surface area contributed by atoms with Crippen LogP contribution in [0.25, 0.3) is 0 Å². The maximum absolute atomic E-state index is 11.1. The Balaban J connectivity index is 2.66. The molecule has 0 aliphatic carbocycles. The summed E-state index contributed by atoms with van der Waals surface area (Å²) in [5.41, 5.74) is 1.24. The maximum atomic E-state index is 11.1. The summed E-state index contributed by atoms with van der Waals surface area (Å²) in [5.74, 6) is -1.64. The SMILES string of the molecule is CCCC(=O)ON1C=S(N)C=C1C(=O)O. The zero-order valence-corrected chi connectivity index (χ0v) is 8.99. The molecule has 0 aromatic rings. The second-order valence-corrected chi connectivity index (χ2v) is 4.12. The number of rotatable bonds is 4. The van der Waals surface area contributed by atoms with E-state index in [0.29, 0.717) is 6.42 Å². The molecular weight excluding hydrogens is 220 g/mol. The standard InChI is InChI=1S/C8H12N2O4S/c1-2-3-7(11)14-10-5-15(9)4-6(10)8(12)13/h4-5H,2-3,9H2,1H3,(H,12,13). The number of carbonyl (C=O) groups excluding carboxylic acids is 1. The highest BCUT2D eigenvalue weighted by Crippen LogP contribution is 2.20. The summed E-state index contributed by atoms with van der Waals surface area (Å²) in [6.45, 7) is 1.83. The molecule has 1 heterocycles. The summed E-state index contributed by atoms with van der Waals surface area (Å²) < 4.78 is 0. The first kappa shape index (κ1) is 11.7. The van der Waals surface area contributed by atoms with Crippen molar-refractivity contribution in [2.75, 3.05) is 0 Å².